The first-order chi connectivity index (χ1) is 10.5. The fourth-order valence-electron chi connectivity index (χ4n) is 2.39. The first kappa shape index (κ1) is 15.0. The van der Waals surface area contributed by atoms with Crippen molar-refractivity contribution in [2.75, 3.05) is 0 Å². The van der Waals surface area contributed by atoms with Gasteiger partial charge in [-0.3, -0.25) is 0 Å². The summed E-state index contributed by atoms with van der Waals surface area (Å²) < 4.78 is 0.663. The van der Waals surface area contributed by atoms with Crippen LogP contribution in [0.4, 0.5) is 0 Å². The fourth-order valence-corrected chi connectivity index (χ4v) is 3.06. The third-order valence-corrected chi connectivity index (χ3v) is 4.86. The second kappa shape index (κ2) is 5.71. The Hall–Kier alpha value is -1.91. The van der Waals surface area contributed by atoms with Gasteiger partial charge < -0.3 is 5.11 Å². The van der Waals surface area contributed by atoms with Crippen LogP contribution in [0.3, 0.4) is 0 Å². The predicted molar refractivity (Wildman–Crippen MR) is 91.6 cm³/mol. The second-order valence-electron chi connectivity index (χ2n) is 4.92. The van der Waals surface area contributed by atoms with Crippen LogP contribution in [0.2, 0.25) is 5.02 Å². The molecule has 3 nitrogen and oxygen atoms in total. The number of carbonyl (C=O) groups is 1. The number of nitrogens with zero attached hydrogens (tertiary/aromatic N) is 1. The minimum absolute atomic E-state index is 0.212. The Morgan fingerprint density at radius 3 is 2.55 bits per heavy atom. The van der Waals surface area contributed by atoms with Crippen molar-refractivity contribution in [3.8, 4) is 11.3 Å². The number of aryl methyl sites for hydroxylation is 1. The Balaban J connectivity index is 2.41. The van der Waals surface area contributed by atoms with Crippen LogP contribution in [0.5, 0.6) is 0 Å². The minimum Gasteiger partial charge on any atom is -0.478 e. The topological polar surface area (TPSA) is 50.2 Å². The van der Waals surface area contributed by atoms with Gasteiger partial charge in [0.1, 0.15) is 0 Å². The Labute approximate surface area is 140 Å². The fraction of sp³-hybridized carbons (Fsp3) is 0.0588. The highest BCUT2D eigenvalue weighted by Crippen LogP contribution is 2.35. The molecule has 3 aromatic rings. The zero-order valence-electron chi connectivity index (χ0n) is 11.6. The van der Waals surface area contributed by atoms with Crippen molar-refractivity contribution >= 4 is 44.4 Å². The summed E-state index contributed by atoms with van der Waals surface area (Å²) in [6.45, 7) is 1.84. The van der Waals surface area contributed by atoms with Crippen LogP contribution in [0, 0.1) is 6.92 Å². The van der Waals surface area contributed by atoms with Gasteiger partial charge in [-0.05, 0) is 40.5 Å². The van der Waals surface area contributed by atoms with E-state index >= 15 is 0 Å². The molecule has 2 aromatic carbocycles. The number of fused-ring (bicyclic) bond motifs is 1. The molecular weight excluding hydrogens is 366 g/mol. The van der Waals surface area contributed by atoms with E-state index < -0.39 is 5.97 Å². The summed E-state index contributed by atoms with van der Waals surface area (Å²) in [7, 11) is 0. The standard InChI is InChI=1S/C17H11BrClNO2/c1-9-15(19)13(18)7-11-12(17(21)22)8-14(20-16(9)11)10-5-3-2-4-6-10/h2-8H,1H3,(H,21,22). The molecule has 0 radical (unpaired) electrons. The molecule has 1 heterocycles. The molecule has 0 aliphatic carbocycles. The van der Waals surface area contributed by atoms with Crippen LogP contribution in [0.25, 0.3) is 22.2 Å². The minimum atomic E-state index is -0.988. The number of halogens is 2. The van der Waals surface area contributed by atoms with E-state index in [0.29, 0.717) is 26.1 Å². The first-order valence-corrected chi connectivity index (χ1v) is 7.74. The maximum atomic E-state index is 11.6. The molecule has 0 spiro atoms. The van der Waals surface area contributed by atoms with E-state index in [1.165, 1.54) is 0 Å². The normalized spacial score (nSPS) is 10.9. The highest BCUT2D eigenvalue weighted by molar-refractivity contribution is 9.10. The molecule has 0 amide bonds. The van der Waals surface area contributed by atoms with E-state index in [0.717, 1.165) is 11.1 Å². The maximum absolute atomic E-state index is 11.6. The van der Waals surface area contributed by atoms with Crippen molar-refractivity contribution in [1.82, 2.24) is 4.98 Å². The van der Waals surface area contributed by atoms with E-state index in [2.05, 4.69) is 20.9 Å². The molecule has 0 aliphatic rings. The zero-order chi connectivity index (χ0) is 15.9. The van der Waals surface area contributed by atoms with E-state index in [4.69, 9.17) is 11.6 Å². The van der Waals surface area contributed by atoms with Gasteiger partial charge >= 0.3 is 5.97 Å². The molecule has 0 atom stereocenters. The average Bonchev–Trinajstić information content (AvgIpc) is 2.53. The molecule has 0 saturated heterocycles. The van der Waals surface area contributed by atoms with E-state index in [-0.39, 0.29) is 5.56 Å². The van der Waals surface area contributed by atoms with E-state index in [1.54, 1.807) is 12.1 Å². The van der Waals surface area contributed by atoms with Crippen LogP contribution < -0.4 is 0 Å². The third-order valence-electron chi connectivity index (χ3n) is 3.52. The van der Waals surface area contributed by atoms with Crippen molar-refractivity contribution in [2.24, 2.45) is 0 Å². The lowest BCUT2D eigenvalue weighted by molar-refractivity contribution is 0.0699. The maximum Gasteiger partial charge on any atom is 0.336 e. The summed E-state index contributed by atoms with van der Waals surface area (Å²) in [6, 6.07) is 12.8. The molecule has 1 N–H and O–H groups in total. The number of benzene rings is 2. The van der Waals surface area contributed by atoms with Crippen molar-refractivity contribution in [3.63, 3.8) is 0 Å². The van der Waals surface area contributed by atoms with Gasteiger partial charge in [-0.2, -0.15) is 0 Å². The highest BCUT2D eigenvalue weighted by Gasteiger charge is 2.17. The summed E-state index contributed by atoms with van der Waals surface area (Å²) in [5.74, 6) is -0.988. The Morgan fingerprint density at radius 1 is 1.23 bits per heavy atom. The van der Waals surface area contributed by atoms with Gasteiger partial charge in [0.05, 0.1) is 21.8 Å². The molecule has 110 valence electrons. The second-order valence-corrected chi connectivity index (χ2v) is 6.15. The monoisotopic (exact) mass is 375 g/mol. The average molecular weight is 377 g/mol. The summed E-state index contributed by atoms with van der Waals surface area (Å²) in [4.78, 5) is 16.3. The van der Waals surface area contributed by atoms with Gasteiger partial charge in [0.2, 0.25) is 0 Å². The number of carboxylic acid groups (broad SMARTS) is 1. The lowest BCUT2D eigenvalue weighted by atomic mass is 10.0. The summed E-state index contributed by atoms with van der Waals surface area (Å²) in [6.07, 6.45) is 0. The smallest absolute Gasteiger partial charge is 0.336 e. The van der Waals surface area contributed by atoms with Crippen molar-refractivity contribution in [3.05, 3.63) is 63.1 Å². The SMILES string of the molecule is Cc1c(Cl)c(Br)cc2c(C(=O)O)cc(-c3ccccc3)nc12. The molecule has 0 bridgehead atoms. The Kier molecular flexibility index (Phi) is 3.89. The molecule has 0 aliphatic heterocycles. The largest absolute Gasteiger partial charge is 0.478 e. The molecule has 1 aromatic heterocycles. The summed E-state index contributed by atoms with van der Waals surface area (Å²) >= 11 is 9.61. The van der Waals surface area contributed by atoms with E-state index in [1.807, 2.05) is 37.3 Å². The molecule has 22 heavy (non-hydrogen) atoms. The number of rotatable bonds is 2. The number of hydrogen-bond acceptors (Lipinski definition) is 2. The number of aromatic carboxylic acids is 1. The Bertz CT molecular complexity index is 894. The van der Waals surface area contributed by atoms with Crippen LogP contribution in [-0.2, 0) is 0 Å². The number of carboxylic acids is 1. The van der Waals surface area contributed by atoms with Gasteiger partial charge in [-0.25, -0.2) is 9.78 Å². The van der Waals surface area contributed by atoms with Crippen LogP contribution in [0.1, 0.15) is 15.9 Å². The van der Waals surface area contributed by atoms with Crippen molar-refractivity contribution < 1.29 is 9.90 Å². The van der Waals surface area contributed by atoms with Crippen molar-refractivity contribution in [2.45, 2.75) is 6.92 Å². The zero-order valence-corrected chi connectivity index (χ0v) is 13.9. The van der Waals surface area contributed by atoms with Gasteiger partial charge in [0, 0.05) is 15.4 Å². The van der Waals surface area contributed by atoms with E-state index in [9.17, 15) is 9.90 Å². The molecule has 0 fully saturated rings. The van der Waals surface area contributed by atoms with Crippen LogP contribution in [0.15, 0.2) is 46.9 Å². The first-order valence-electron chi connectivity index (χ1n) is 6.57. The predicted octanol–water partition coefficient (Wildman–Crippen LogP) is 5.32. The lowest BCUT2D eigenvalue weighted by Gasteiger charge is -2.11. The van der Waals surface area contributed by atoms with Gasteiger partial charge in [0.15, 0.2) is 0 Å². The van der Waals surface area contributed by atoms with Crippen LogP contribution in [-0.4, -0.2) is 16.1 Å². The number of hydrogen-bond donors (Lipinski definition) is 1. The van der Waals surface area contributed by atoms with Gasteiger partial charge in [-0.1, -0.05) is 41.9 Å². The molecule has 0 unspecified atom stereocenters. The summed E-state index contributed by atoms with van der Waals surface area (Å²) in [5, 5.41) is 10.6. The molecule has 3 rings (SSSR count). The quantitative estimate of drug-likeness (QED) is 0.658. The molecule has 0 saturated carbocycles. The third kappa shape index (κ3) is 2.49. The van der Waals surface area contributed by atoms with Gasteiger partial charge in [-0.15, -0.1) is 0 Å². The molecular formula is C17H11BrClNO2. The summed E-state index contributed by atoms with van der Waals surface area (Å²) in [5.41, 5.74) is 3.06. The van der Waals surface area contributed by atoms with Crippen LogP contribution >= 0.6 is 27.5 Å². The van der Waals surface area contributed by atoms with Gasteiger partial charge in [0.25, 0.3) is 0 Å². The molecule has 5 heteroatoms. The number of aromatic nitrogens is 1. The lowest BCUT2D eigenvalue weighted by Crippen LogP contribution is -2.01. The van der Waals surface area contributed by atoms with Crippen molar-refractivity contribution in [1.29, 1.82) is 0 Å². The highest BCUT2D eigenvalue weighted by atomic mass is 79.9. The Morgan fingerprint density at radius 2 is 1.91 bits per heavy atom. The number of pyridine rings is 1.